The molecule has 1 aromatic carbocycles. The summed E-state index contributed by atoms with van der Waals surface area (Å²) in [6.07, 6.45) is 2.17. The summed E-state index contributed by atoms with van der Waals surface area (Å²) < 4.78 is 1.99. The minimum absolute atomic E-state index is 0.120. The van der Waals surface area contributed by atoms with Gasteiger partial charge in [0, 0.05) is 36.9 Å². The molecular weight excluding hydrogens is 360 g/mol. The van der Waals surface area contributed by atoms with Crippen molar-refractivity contribution in [3.63, 3.8) is 0 Å². The van der Waals surface area contributed by atoms with Gasteiger partial charge in [0.1, 0.15) is 0 Å². The zero-order chi connectivity index (χ0) is 19.6. The first-order valence-electron chi connectivity index (χ1n) is 9.85. The molecule has 1 unspecified atom stereocenters. The number of aryl methyl sites for hydroxylation is 1. The maximum absolute atomic E-state index is 6.22. The van der Waals surface area contributed by atoms with Crippen LogP contribution in [0.15, 0.2) is 18.2 Å². The van der Waals surface area contributed by atoms with Crippen LogP contribution in [-0.2, 0) is 5.54 Å². The lowest BCUT2D eigenvalue weighted by atomic mass is 10.0. The molecular formula is C20H31ClN6. The highest BCUT2D eigenvalue weighted by Gasteiger charge is 2.31. The highest BCUT2D eigenvalue weighted by atomic mass is 35.5. The second kappa shape index (κ2) is 8.15. The molecule has 2 aromatic rings. The molecule has 0 saturated carbocycles. The number of rotatable bonds is 5. The summed E-state index contributed by atoms with van der Waals surface area (Å²) in [4.78, 5) is 4.97. The predicted octanol–water partition coefficient (Wildman–Crippen LogP) is 4.05. The van der Waals surface area contributed by atoms with Gasteiger partial charge in [-0.1, -0.05) is 31.0 Å². The van der Waals surface area contributed by atoms with Crippen LogP contribution in [0.5, 0.6) is 0 Å². The van der Waals surface area contributed by atoms with E-state index < -0.39 is 0 Å². The number of benzene rings is 1. The van der Waals surface area contributed by atoms with Gasteiger partial charge >= 0.3 is 0 Å². The van der Waals surface area contributed by atoms with E-state index in [1.165, 1.54) is 11.3 Å². The van der Waals surface area contributed by atoms with E-state index in [0.717, 1.165) is 49.9 Å². The second-order valence-electron chi connectivity index (χ2n) is 8.38. The third-order valence-corrected chi connectivity index (χ3v) is 5.49. The molecule has 1 atom stereocenters. The number of tetrazole rings is 1. The number of halogens is 1. The van der Waals surface area contributed by atoms with Crippen molar-refractivity contribution >= 4 is 17.3 Å². The van der Waals surface area contributed by atoms with Crippen molar-refractivity contribution in [1.29, 1.82) is 0 Å². The lowest BCUT2D eigenvalue weighted by molar-refractivity contribution is 0.156. The third kappa shape index (κ3) is 4.43. The number of nitrogens with zero attached hydrogens (tertiary/aromatic N) is 6. The average molecular weight is 391 g/mol. The molecule has 27 heavy (non-hydrogen) atoms. The normalized spacial score (nSPS) is 17.3. The second-order valence-corrected chi connectivity index (χ2v) is 8.81. The molecule has 0 aliphatic carbocycles. The lowest BCUT2D eigenvalue weighted by Crippen LogP contribution is -2.48. The Morgan fingerprint density at radius 1 is 1.15 bits per heavy atom. The third-order valence-electron chi connectivity index (χ3n) is 5.26. The van der Waals surface area contributed by atoms with Gasteiger partial charge in [-0.3, -0.25) is 4.90 Å². The molecule has 1 aliphatic rings. The summed E-state index contributed by atoms with van der Waals surface area (Å²) in [6, 6.07) is 6.39. The number of hydrogen-bond donors (Lipinski definition) is 0. The minimum atomic E-state index is -0.120. The fraction of sp³-hybridized carbons (Fsp3) is 0.650. The summed E-state index contributed by atoms with van der Waals surface area (Å²) >= 11 is 6.22. The van der Waals surface area contributed by atoms with Crippen molar-refractivity contribution < 1.29 is 0 Å². The van der Waals surface area contributed by atoms with Crippen molar-refractivity contribution in [2.75, 3.05) is 31.1 Å². The highest BCUT2D eigenvalue weighted by Crippen LogP contribution is 2.30. The van der Waals surface area contributed by atoms with Crippen molar-refractivity contribution in [3.05, 3.63) is 34.6 Å². The van der Waals surface area contributed by atoms with Crippen LogP contribution in [0, 0.1) is 6.92 Å². The SMILES string of the molecule is CCCC(c1nnnn1C(C)(C)C)N1CCN(c2cc(Cl)ccc2C)CC1. The molecule has 148 valence electrons. The Balaban J connectivity index is 1.76. The molecule has 0 radical (unpaired) electrons. The Bertz CT molecular complexity index is 758. The molecule has 1 aromatic heterocycles. The van der Waals surface area contributed by atoms with Gasteiger partial charge in [0.05, 0.1) is 11.6 Å². The van der Waals surface area contributed by atoms with Crippen LogP contribution < -0.4 is 4.90 Å². The Morgan fingerprint density at radius 2 is 1.85 bits per heavy atom. The van der Waals surface area contributed by atoms with E-state index in [2.05, 4.69) is 72.1 Å². The molecule has 1 fully saturated rings. The van der Waals surface area contributed by atoms with Gasteiger partial charge in [-0.2, -0.15) is 0 Å². The van der Waals surface area contributed by atoms with Crippen LogP contribution in [0.2, 0.25) is 5.02 Å². The zero-order valence-electron chi connectivity index (χ0n) is 17.1. The first-order valence-corrected chi connectivity index (χ1v) is 10.2. The topological polar surface area (TPSA) is 50.1 Å². The van der Waals surface area contributed by atoms with Crippen LogP contribution in [0.25, 0.3) is 0 Å². The van der Waals surface area contributed by atoms with Crippen molar-refractivity contribution in [2.24, 2.45) is 0 Å². The van der Waals surface area contributed by atoms with E-state index in [4.69, 9.17) is 11.6 Å². The van der Waals surface area contributed by atoms with Crippen LogP contribution in [0.1, 0.15) is 58.0 Å². The fourth-order valence-corrected chi connectivity index (χ4v) is 3.99. The Morgan fingerprint density at radius 3 is 2.48 bits per heavy atom. The van der Waals surface area contributed by atoms with Gasteiger partial charge in [0.2, 0.25) is 0 Å². The molecule has 2 heterocycles. The van der Waals surface area contributed by atoms with Crippen LogP contribution in [0.3, 0.4) is 0 Å². The number of hydrogen-bond acceptors (Lipinski definition) is 5. The predicted molar refractivity (Wildman–Crippen MR) is 110 cm³/mol. The Labute approximate surface area is 167 Å². The number of aromatic nitrogens is 4. The monoisotopic (exact) mass is 390 g/mol. The van der Waals surface area contributed by atoms with E-state index in [-0.39, 0.29) is 11.6 Å². The zero-order valence-corrected chi connectivity index (χ0v) is 17.9. The van der Waals surface area contributed by atoms with Crippen LogP contribution in [0.4, 0.5) is 5.69 Å². The Hall–Kier alpha value is -1.66. The number of piperazine rings is 1. The molecule has 0 amide bonds. The molecule has 0 spiro atoms. The van der Waals surface area contributed by atoms with Crippen molar-refractivity contribution in [1.82, 2.24) is 25.1 Å². The largest absolute Gasteiger partial charge is 0.369 e. The fourth-order valence-electron chi connectivity index (χ4n) is 3.83. The van der Waals surface area contributed by atoms with Crippen LogP contribution >= 0.6 is 11.6 Å². The molecule has 1 aliphatic heterocycles. The standard InChI is InChI=1S/C20H31ClN6/c1-6-7-17(19-22-23-24-27(19)20(3,4)5)25-10-12-26(13-11-25)18-14-16(21)9-8-15(18)2/h8-9,14,17H,6-7,10-13H2,1-5H3. The van der Waals surface area contributed by atoms with Gasteiger partial charge in [-0.05, 0) is 62.2 Å². The summed E-state index contributed by atoms with van der Waals surface area (Å²) in [6.45, 7) is 14.8. The first kappa shape index (κ1) is 20.1. The maximum Gasteiger partial charge on any atom is 0.168 e. The molecule has 6 nitrogen and oxygen atoms in total. The van der Waals surface area contributed by atoms with Crippen molar-refractivity contribution in [2.45, 2.75) is 59.0 Å². The summed E-state index contributed by atoms with van der Waals surface area (Å²) in [5.74, 6) is 0.983. The Kier molecular flexibility index (Phi) is 6.06. The maximum atomic E-state index is 6.22. The van der Waals surface area contributed by atoms with Gasteiger partial charge in [-0.25, -0.2) is 4.68 Å². The van der Waals surface area contributed by atoms with E-state index >= 15 is 0 Å². The first-order chi connectivity index (χ1) is 12.8. The quantitative estimate of drug-likeness (QED) is 0.770. The summed E-state index contributed by atoms with van der Waals surface area (Å²) in [5.41, 5.74) is 2.40. The van der Waals surface area contributed by atoms with E-state index in [9.17, 15) is 0 Å². The van der Waals surface area contributed by atoms with Gasteiger partial charge in [0.25, 0.3) is 0 Å². The van der Waals surface area contributed by atoms with E-state index in [1.807, 2.05) is 10.7 Å². The van der Waals surface area contributed by atoms with Crippen LogP contribution in [-0.4, -0.2) is 51.3 Å². The molecule has 1 saturated heterocycles. The average Bonchev–Trinajstić information content (AvgIpc) is 3.12. The molecule has 0 N–H and O–H groups in total. The van der Waals surface area contributed by atoms with Crippen molar-refractivity contribution in [3.8, 4) is 0 Å². The minimum Gasteiger partial charge on any atom is -0.369 e. The van der Waals surface area contributed by atoms with Gasteiger partial charge < -0.3 is 4.90 Å². The lowest BCUT2D eigenvalue weighted by Gasteiger charge is -2.40. The molecule has 3 rings (SSSR count). The smallest absolute Gasteiger partial charge is 0.168 e. The highest BCUT2D eigenvalue weighted by molar-refractivity contribution is 6.30. The number of anilines is 1. The van der Waals surface area contributed by atoms with Gasteiger partial charge in [0.15, 0.2) is 5.82 Å². The van der Waals surface area contributed by atoms with Gasteiger partial charge in [-0.15, -0.1) is 5.10 Å². The van der Waals surface area contributed by atoms with E-state index in [1.54, 1.807) is 0 Å². The summed E-state index contributed by atoms with van der Waals surface area (Å²) in [7, 11) is 0. The molecule has 0 bridgehead atoms. The molecule has 7 heteroatoms. The summed E-state index contributed by atoms with van der Waals surface area (Å²) in [5, 5.41) is 13.5. The van der Waals surface area contributed by atoms with E-state index in [0.29, 0.717) is 0 Å².